The third-order valence-corrected chi connectivity index (χ3v) is 5.04. The largest absolute Gasteiger partial charge is 0.496 e. The molecule has 2 atom stereocenters. The molecule has 2 aliphatic rings. The summed E-state index contributed by atoms with van der Waals surface area (Å²) in [5.41, 5.74) is 2.60. The van der Waals surface area contributed by atoms with Gasteiger partial charge in [0.25, 0.3) is 0 Å². The fraction of sp³-hybridized carbons (Fsp3) is 0.647. The molecule has 1 N–H and O–H groups in total. The zero-order valence-electron chi connectivity index (χ0n) is 12.8. The number of fused-ring (bicyclic) bond motifs is 1. The van der Waals surface area contributed by atoms with Gasteiger partial charge in [0.2, 0.25) is 0 Å². The van der Waals surface area contributed by atoms with E-state index in [-0.39, 0.29) is 6.04 Å². The molecule has 0 amide bonds. The van der Waals surface area contributed by atoms with Gasteiger partial charge in [0, 0.05) is 18.2 Å². The lowest BCUT2D eigenvalue weighted by Gasteiger charge is -2.39. The molecule has 1 aromatic rings. The van der Waals surface area contributed by atoms with Gasteiger partial charge in [0.15, 0.2) is 0 Å². The minimum absolute atomic E-state index is 0.256. The lowest BCUT2D eigenvalue weighted by Crippen LogP contribution is -2.45. The smallest absolute Gasteiger partial charge is 0.125 e. The number of rotatable bonds is 2. The lowest BCUT2D eigenvalue weighted by atomic mass is 9.80. The van der Waals surface area contributed by atoms with Crippen LogP contribution in [0.25, 0.3) is 0 Å². The molecule has 1 aromatic carbocycles. The van der Waals surface area contributed by atoms with Crippen LogP contribution in [-0.4, -0.2) is 36.2 Å². The number of methoxy groups -OCH3 is 1. The van der Waals surface area contributed by atoms with Crippen LogP contribution in [0.5, 0.6) is 5.75 Å². The van der Waals surface area contributed by atoms with Gasteiger partial charge in [-0.2, -0.15) is 0 Å². The third-order valence-electron chi connectivity index (χ3n) is 5.04. The van der Waals surface area contributed by atoms with Crippen LogP contribution in [0.3, 0.4) is 0 Å². The second-order valence-electron chi connectivity index (χ2n) is 6.38. The zero-order valence-corrected chi connectivity index (χ0v) is 12.8. The molecule has 0 aromatic heterocycles. The first-order chi connectivity index (χ1) is 9.56. The van der Waals surface area contributed by atoms with Crippen molar-refractivity contribution in [3.8, 4) is 5.75 Å². The SMILES string of the molecule is COc1cc(C)cc(C)c1C1(O)CCN2CCCCC21. The van der Waals surface area contributed by atoms with E-state index >= 15 is 0 Å². The standard InChI is InChI=1S/C17H25NO2/c1-12-10-13(2)16(14(11-12)20-3)17(19)7-9-18-8-5-4-6-15(17)18/h10-11,15,19H,4-9H2,1-3H3. The monoisotopic (exact) mass is 275 g/mol. The second kappa shape index (κ2) is 5.05. The Morgan fingerprint density at radius 1 is 1.25 bits per heavy atom. The number of piperidine rings is 1. The van der Waals surface area contributed by atoms with Gasteiger partial charge in [-0.1, -0.05) is 12.5 Å². The zero-order chi connectivity index (χ0) is 14.3. The topological polar surface area (TPSA) is 32.7 Å². The molecule has 0 aliphatic carbocycles. The summed E-state index contributed by atoms with van der Waals surface area (Å²) in [6, 6.07) is 4.46. The molecule has 0 spiro atoms. The Morgan fingerprint density at radius 3 is 2.80 bits per heavy atom. The molecule has 0 saturated carbocycles. The molecule has 2 aliphatic heterocycles. The van der Waals surface area contributed by atoms with Gasteiger partial charge in [0.1, 0.15) is 11.4 Å². The van der Waals surface area contributed by atoms with Crippen LogP contribution in [0.1, 0.15) is 42.4 Å². The van der Waals surface area contributed by atoms with Gasteiger partial charge in [-0.3, -0.25) is 4.90 Å². The predicted molar refractivity (Wildman–Crippen MR) is 80.2 cm³/mol. The maximum absolute atomic E-state index is 11.4. The predicted octanol–water partition coefficient (Wildman–Crippen LogP) is 2.76. The van der Waals surface area contributed by atoms with Gasteiger partial charge in [-0.05, 0) is 56.8 Å². The number of aliphatic hydroxyl groups is 1. The normalized spacial score (nSPS) is 30.3. The van der Waals surface area contributed by atoms with E-state index in [4.69, 9.17) is 4.74 Å². The second-order valence-corrected chi connectivity index (χ2v) is 6.38. The Hall–Kier alpha value is -1.06. The first-order valence-electron chi connectivity index (χ1n) is 7.68. The molecule has 2 unspecified atom stereocenters. The number of nitrogens with zero attached hydrogens (tertiary/aromatic N) is 1. The average molecular weight is 275 g/mol. The van der Waals surface area contributed by atoms with Gasteiger partial charge in [-0.15, -0.1) is 0 Å². The maximum Gasteiger partial charge on any atom is 0.125 e. The Kier molecular flexibility index (Phi) is 3.51. The Balaban J connectivity index is 2.07. The van der Waals surface area contributed by atoms with E-state index in [1.165, 1.54) is 18.4 Å². The van der Waals surface area contributed by atoms with Crippen molar-refractivity contribution in [3.05, 3.63) is 28.8 Å². The Labute approximate surface area is 121 Å². The van der Waals surface area contributed by atoms with Crippen molar-refractivity contribution in [2.45, 2.75) is 51.2 Å². The molecular formula is C17H25NO2. The summed E-state index contributed by atoms with van der Waals surface area (Å²) in [5.74, 6) is 0.845. The third kappa shape index (κ3) is 2.04. The summed E-state index contributed by atoms with van der Waals surface area (Å²) < 4.78 is 5.59. The van der Waals surface area contributed by atoms with Gasteiger partial charge in [-0.25, -0.2) is 0 Å². The maximum atomic E-state index is 11.4. The fourth-order valence-corrected chi connectivity index (χ4v) is 4.22. The van der Waals surface area contributed by atoms with Gasteiger partial charge in [0.05, 0.1) is 7.11 Å². The van der Waals surface area contributed by atoms with Crippen molar-refractivity contribution >= 4 is 0 Å². The lowest BCUT2D eigenvalue weighted by molar-refractivity contribution is -0.0159. The van der Waals surface area contributed by atoms with Crippen molar-refractivity contribution in [3.63, 3.8) is 0 Å². The van der Waals surface area contributed by atoms with Crippen LogP contribution in [0.15, 0.2) is 12.1 Å². The van der Waals surface area contributed by atoms with Crippen LogP contribution in [0, 0.1) is 13.8 Å². The number of hydrogen-bond acceptors (Lipinski definition) is 3. The quantitative estimate of drug-likeness (QED) is 0.901. The van der Waals surface area contributed by atoms with Gasteiger partial charge >= 0.3 is 0 Å². The van der Waals surface area contributed by atoms with E-state index in [2.05, 4.69) is 24.8 Å². The molecule has 0 bridgehead atoms. The number of hydrogen-bond donors (Lipinski definition) is 1. The van der Waals surface area contributed by atoms with E-state index in [1.54, 1.807) is 7.11 Å². The van der Waals surface area contributed by atoms with Crippen LogP contribution >= 0.6 is 0 Å². The molecule has 3 nitrogen and oxygen atoms in total. The highest BCUT2D eigenvalue weighted by molar-refractivity contribution is 5.48. The fourth-order valence-electron chi connectivity index (χ4n) is 4.22. The molecule has 20 heavy (non-hydrogen) atoms. The summed E-state index contributed by atoms with van der Waals surface area (Å²) in [6.45, 7) is 6.29. The molecule has 3 heteroatoms. The highest BCUT2D eigenvalue weighted by Gasteiger charge is 2.49. The Bertz CT molecular complexity index is 514. The van der Waals surface area contributed by atoms with Gasteiger partial charge < -0.3 is 9.84 Å². The van der Waals surface area contributed by atoms with Crippen LogP contribution in [0.2, 0.25) is 0 Å². The first kappa shape index (κ1) is 13.9. The van der Waals surface area contributed by atoms with E-state index in [9.17, 15) is 5.11 Å². The summed E-state index contributed by atoms with van der Waals surface area (Å²) in [4.78, 5) is 2.46. The van der Waals surface area contributed by atoms with E-state index < -0.39 is 5.60 Å². The van der Waals surface area contributed by atoms with Crippen molar-refractivity contribution < 1.29 is 9.84 Å². The Morgan fingerprint density at radius 2 is 2.05 bits per heavy atom. The van der Waals surface area contributed by atoms with E-state index in [0.717, 1.165) is 42.8 Å². The molecule has 110 valence electrons. The summed E-state index contributed by atoms with van der Waals surface area (Å²) in [7, 11) is 1.70. The highest BCUT2D eigenvalue weighted by atomic mass is 16.5. The van der Waals surface area contributed by atoms with Crippen LogP contribution < -0.4 is 4.74 Å². The molecule has 3 rings (SSSR count). The molecule has 0 radical (unpaired) electrons. The number of ether oxygens (including phenoxy) is 1. The summed E-state index contributed by atoms with van der Waals surface area (Å²) in [5, 5.41) is 11.4. The first-order valence-corrected chi connectivity index (χ1v) is 7.68. The number of aryl methyl sites for hydroxylation is 2. The molecular weight excluding hydrogens is 250 g/mol. The molecule has 2 heterocycles. The van der Waals surface area contributed by atoms with Crippen molar-refractivity contribution in [2.24, 2.45) is 0 Å². The van der Waals surface area contributed by atoms with Crippen molar-refractivity contribution in [2.75, 3.05) is 20.2 Å². The number of benzene rings is 1. The van der Waals surface area contributed by atoms with Crippen LogP contribution in [0.4, 0.5) is 0 Å². The molecule has 2 fully saturated rings. The minimum Gasteiger partial charge on any atom is -0.496 e. The van der Waals surface area contributed by atoms with E-state index in [0.29, 0.717) is 0 Å². The molecule has 2 saturated heterocycles. The van der Waals surface area contributed by atoms with Crippen molar-refractivity contribution in [1.29, 1.82) is 0 Å². The summed E-state index contributed by atoms with van der Waals surface area (Å²) in [6.07, 6.45) is 4.39. The van der Waals surface area contributed by atoms with Crippen molar-refractivity contribution in [1.82, 2.24) is 4.90 Å². The van der Waals surface area contributed by atoms with Crippen LogP contribution in [-0.2, 0) is 5.60 Å². The summed E-state index contributed by atoms with van der Waals surface area (Å²) >= 11 is 0. The average Bonchev–Trinajstić information content (AvgIpc) is 2.76. The van der Waals surface area contributed by atoms with E-state index in [1.807, 2.05) is 6.07 Å². The highest BCUT2D eigenvalue weighted by Crippen LogP contribution is 2.46. The minimum atomic E-state index is -0.746.